The maximum absolute atomic E-state index is 12.9. The minimum atomic E-state index is -0.949. The Kier molecular flexibility index (Phi) is 4.02. The van der Waals surface area contributed by atoms with Crippen LogP contribution in [-0.4, -0.2) is 15.6 Å². The summed E-state index contributed by atoms with van der Waals surface area (Å²) in [6, 6.07) is 12.9. The van der Waals surface area contributed by atoms with Crippen LogP contribution < -0.4 is 4.74 Å². The first-order valence-corrected chi connectivity index (χ1v) is 7.33. The van der Waals surface area contributed by atoms with Crippen molar-refractivity contribution in [3.05, 3.63) is 65.6 Å². The molecule has 3 rings (SSSR count). The zero-order valence-corrected chi connectivity index (χ0v) is 12.6. The van der Waals surface area contributed by atoms with E-state index in [1.165, 1.54) is 12.1 Å². The number of aromatic carboxylic acids is 1. The van der Waals surface area contributed by atoms with Crippen molar-refractivity contribution in [2.45, 2.75) is 20.1 Å². The predicted molar refractivity (Wildman–Crippen MR) is 85.3 cm³/mol. The lowest BCUT2D eigenvalue weighted by atomic mass is 10.1. The molecule has 2 aromatic carbocycles. The number of carboxylic acids is 1. The molecule has 0 radical (unpaired) electrons. The minimum Gasteiger partial charge on any atom is -0.487 e. The fourth-order valence-corrected chi connectivity index (χ4v) is 2.71. The van der Waals surface area contributed by atoms with Crippen molar-refractivity contribution in [2.75, 3.05) is 0 Å². The largest absolute Gasteiger partial charge is 0.487 e. The molecule has 4 nitrogen and oxygen atoms in total. The first kappa shape index (κ1) is 15.1. The normalized spacial score (nSPS) is 10.9. The summed E-state index contributed by atoms with van der Waals surface area (Å²) in [7, 11) is 0. The Morgan fingerprint density at radius 2 is 1.96 bits per heavy atom. The molecule has 118 valence electrons. The topological polar surface area (TPSA) is 51.5 Å². The SMILES string of the molecule is CCn1c(COc2ccc(F)cc2)cc2c(C(=O)O)cccc21. The van der Waals surface area contributed by atoms with E-state index in [1.54, 1.807) is 24.3 Å². The van der Waals surface area contributed by atoms with Crippen molar-refractivity contribution >= 4 is 16.9 Å². The molecule has 0 fully saturated rings. The van der Waals surface area contributed by atoms with Crippen LogP contribution in [0.3, 0.4) is 0 Å². The van der Waals surface area contributed by atoms with E-state index < -0.39 is 5.97 Å². The number of nitrogens with zero attached hydrogens (tertiary/aromatic N) is 1. The number of hydrogen-bond donors (Lipinski definition) is 1. The molecule has 0 amide bonds. The highest BCUT2D eigenvalue weighted by molar-refractivity contribution is 6.03. The molecule has 0 aliphatic heterocycles. The van der Waals surface area contributed by atoms with Gasteiger partial charge in [0.1, 0.15) is 18.2 Å². The average molecular weight is 313 g/mol. The molecule has 0 aliphatic rings. The van der Waals surface area contributed by atoms with Crippen molar-refractivity contribution in [1.82, 2.24) is 4.57 Å². The van der Waals surface area contributed by atoms with Crippen molar-refractivity contribution in [3.63, 3.8) is 0 Å². The third kappa shape index (κ3) is 2.90. The summed E-state index contributed by atoms with van der Waals surface area (Å²) in [5, 5.41) is 10.0. The number of ether oxygens (including phenoxy) is 1. The number of fused-ring (bicyclic) bond motifs is 1. The molecule has 1 N–H and O–H groups in total. The van der Waals surface area contributed by atoms with Gasteiger partial charge in [-0.2, -0.15) is 0 Å². The number of hydrogen-bond acceptors (Lipinski definition) is 2. The van der Waals surface area contributed by atoms with Crippen molar-refractivity contribution < 1.29 is 19.0 Å². The predicted octanol–water partition coefficient (Wildman–Crippen LogP) is 4.08. The number of rotatable bonds is 5. The molecule has 0 bridgehead atoms. The van der Waals surface area contributed by atoms with Gasteiger partial charge in [0.15, 0.2) is 0 Å². The monoisotopic (exact) mass is 313 g/mol. The molecule has 0 aliphatic carbocycles. The molecule has 0 unspecified atom stereocenters. The van der Waals surface area contributed by atoms with Crippen LogP contribution in [0.4, 0.5) is 4.39 Å². The van der Waals surface area contributed by atoms with Gasteiger partial charge in [-0.05, 0) is 49.4 Å². The van der Waals surface area contributed by atoms with Gasteiger partial charge in [-0.3, -0.25) is 0 Å². The van der Waals surface area contributed by atoms with Gasteiger partial charge in [-0.1, -0.05) is 6.07 Å². The number of carbonyl (C=O) groups is 1. The Balaban J connectivity index is 1.95. The highest BCUT2D eigenvalue weighted by atomic mass is 19.1. The summed E-state index contributed by atoms with van der Waals surface area (Å²) in [5.41, 5.74) is 2.02. The number of halogens is 1. The van der Waals surface area contributed by atoms with E-state index in [0.29, 0.717) is 17.7 Å². The fourth-order valence-electron chi connectivity index (χ4n) is 2.71. The van der Waals surface area contributed by atoms with Crippen molar-refractivity contribution in [1.29, 1.82) is 0 Å². The van der Waals surface area contributed by atoms with Crippen LogP contribution in [-0.2, 0) is 13.2 Å². The number of aryl methyl sites for hydroxylation is 1. The van der Waals surface area contributed by atoms with Gasteiger partial charge in [0, 0.05) is 17.4 Å². The van der Waals surface area contributed by atoms with Gasteiger partial charge in [0.05, 0.1) is 11.3 Å². The Morgan fingerprint density at radius 3 is 2.61 bits per heavy atom. The van der Waals surface area contributed by atoms with E-state index in [4.69, 9.17) is 4.74 Å². The zero-order valence-electron chi connectivity index (χ0n) is 12.6. The third-order valence-electron chi connectivity index (χ3n) is 3.78. The second kappa shape index (κ2) is 6.12. The van der Waals surface area contributed by atoms with Gasteiger partial charge < -0.3 is 14.4 Å². The van der Waals surface area contributed by atoms with Gasteiger partial charge in [0.25, 0.3) is 0 Å². The fraction of sp³-hybridized carbons (Fsp3) is 0.167. The molecular formula is C18H16FNO3. The van der Waals surface area contributed by atoms with Crippen LogP contribution in [0.1, 0.15) is 23.0 Å². The summed E-state index contributed by atoms with van der Waals surface area (Å²) in [4.78, 5) is 11.4. The summed E-state index contributed by atoms with van der Waals surface area (Å²) >= 11 is 0. The van der Waals surface area contributed by atoms with Crippen LogP contribution in [0, 0.1) is 5.82 Å². The maximum atomic E-state index is 12.9. The molecule has 5 heteroatoms. The molecule has 0 atom stereocenters. The smallest absolute Gasteiger partial charge is 0.336 e. The number of benzene rings is 2. The van der Waals surface area contributed by atoms with E-state index in [0.717, 1.165) is 11.2 Å². The van der Waals surface area contributed by atoms with E-state index in [2.05, 4.69) is 0 Å². The van der Waals surface area contributed by atoms with E-state index in [9.17, 15) is 14.3 Å². The Morgan fingerprint density at radius 1 is 1.22 bits per heavy atom. The molecule has 1 heterocycles. The van der Waals surface area contributed by atoms with Crippen LogP contribution in [0.5, 0.6) is 5.75 Å². The first-order valence-electron chi connectivity index (χ1n) is 7.33. The molecule has 0 spiro atoms. The van der Waals surface area contributed by atoms with E-state index in [-0.39, 0.29) is 18.0 Å². The standard InChI is InChI=1S/C18H16FNO3/c1-2-20-13(11-23-14-8-6-12(19)7-9-14)10-16-15(18(21)22)4-3-5-17(16)20/h3-10H,2,11H2,1H3,(H,21,22). The molecule has 23 heavy (non-hydrogen) atoms. The highest BCUT2D eigenvalue weighted by Crippen LogP contribution is 2.25. The van der Waals surface area contributed by atoms with Crippen LogP contribution in [0.2, 0.25) is 0 Å². The van der Waals surface area contributed by atoms with Crippen LogP contribution in [0.15, 0.2) is 48.5 Å². The Hall–Kier alpha value is -2.82. The molecular weight excluding hydrogens is 297 g/mol. The highest BCUT2D eigenvalue weighted by Gasteiger charge is 2.14. The van der Waals surface area contributed by atoms with E-state index in [1.807, 2.05) is 23.6 Å². The Labute approximate surface area is 132 Å². The van der Waals surface area contributed by atoms with Gasteiger partial charge in [0.2, 0.25) is 0 Å². The van der Waals surface area contributed by atoms with Crippen molar-refractivity contribution in [2.24, 2.45) is 0 Å². The van der Waals surface area contributed by atoms with Gasteiger partial charge >= 0.3 is 5.97 Å². The number of aromatic nitrogens is 1. The van der Waals surface area contributed by atoms with Crippen LogP contribution in [0.25, 0.3) is 10.9 Å². The Bertz CT molecular complexity index is 853. The van der Waals surface area contributed by atoms with Gasteiger partial charge in [-0.25, -0.2) is 9.18 Å². The lowest BCUT2D eigenvalue weighted by Gasteiger charge is -2.10. The molecule has 1 aromatic heterocycles. The molecule has 0 saturated heterocycles. The van der Waals surface area contributed by atoms with Gasteiger partial charge in [-0.15, -0.1) is 0 Å². The molecule has 0 saturated carbocycles. The lowest BCUT2D eigenvalue weighted by molar-refractivity contribution is 0.0699. The quantitative estimate of drug-likeness (QED) is 0.772. The average Bonchev–Trinajstić information content (AvgIpc) is 2.91. The third-order valence-corrected chi connectivity index (χ3v) is 3.78. The summed E-state index contributed by atoms with van der Waals surface area (Å²) in [5.74, 6) is -0.696. The maximum Gasteiger partial charge on any atom is 0.336 e. The van der Waals surface area contributed by atoms with Crippen LogP contribution >= 0.6 is 0 Å². The zero-order chi connectivity index (χ0) is 16.4. The second-order valence-corrected chi connectivity index (χ2v) is 5.17. The summed E-state index contributed by atoms with van der Waals surface area (Å²) in [6.45, 7) is 2.98. The van der Waals surface area contributed by atoms with E-state index >= 15 is 0 Å². The second-order valence-electron chi connectivity index (χ2n) is 5.17. The summed E-state index contributed by atoms with van der Waals surface area (Å²) in [6.07, 6.45) is 0. The summed E-state index contributed by atoms with van der Waals surface area (Å²) < 4.78 is 20.6. The lowest BCUT2D eigenvalue weighted by Crippen LogP contribution is -2.04. The van der Waals surface area contributed by atoms with Crippen molar-refractivity contribution in [3.8, 4) is 5.75 Å². The minimum absolute atomic E-state index is 0.276. The molecule has 3 aromatic rings. The number of carboxylic acid groups (broad SMARTS) is 1. The first-order chi connectivity index (χ1) is 11.1.